The van der Waals surface area contributed by atoms with Gasteiger partial charge in [-0.2, -0.15) is 12.6 Å². The molecule has 0 aromatic carbocycles. The molecule has 0 aliphatic carbocycles. The average molecular weight is 402 g/mol. The molecule has 2 aliphatic heterocycles. The lowest BCUT2D eigenvalue weighted by atomic mass is 9.97. The highest BCUT2D eigenvalue weighted by atomic mass is 32.1. The maximum atomic E-state index is 10.4. The van der Waals surface area contributed by atoms with Crippen LogP contribution in [0.25, 0.3) is 0 Å². The van der Waals surface area contributed by atoms with Crippen LogP contribution in [0.3, 0.4) is 0 Å². The van der Waals surface area contributed by atoms with E-state index in [1.165, 1.54) is 0 Å². The maximum Gasteiger partial charge on any atom is 0.187 e. The topological polar surface area (TPSA) is 179 Å². The summed E-state index contributed by atoms with van der Waals surface area (Å²) in [5, 5.41) is 68.8. The van der Waals surface area contributed by atoms with Crippen LogP contribution in [0.1, 0.15) is 0 Å². The molecule has 7 N–H and O–H groups in total. The van der Waals surface area contributed by atoms with Crippen molar-refractivity contribution < 1.29 is 54.7 Å². The number of aliphatic hydroxyl groups is 7. The molecule has 2 rings (SSSR count). The minimum absolute atomic E-state index is 0.117. The van der Waals surface area contributed by atoms with Gasteiger partial charge in [0.1, 0.15) is 48.8 Å². The summed E-state index contributed by atoms with van der Waals surface area (Å²) in [6.07, 6.45) is -14.5. The molecule has 2 saturated heterocycles. The van der Waals surface area contributed by atoms with E-state index in [9.17, 15) is 35.7 Å². The van der Waals surface area contributed by atoms with Gasteiger partial charge in [-0.3, -0.25) is 0 Å². The number of thiol groups is 1. The number of aliphatic hydroxyl groups excluding tert-OH is 7. The van der Waals surface area contributed by atoms with Gasteiger partial charge >= 0.3 is 0 Å². The minimum Gasteiger partial charge on any atom is -0.394 e. The Morgan fingerprint density at radius 3 is 1.88 bits per heavy atom. The second-order valence-electron chi connectivity index (χ2n) is 6.10. The summed E-state index contributed by atoms with van der Waals surface area (Å²) >= 11 is 3.97. The lowest BCUT2D eigenvalue weighted by Gasteiger charge is -2.45. The first-order chi connectivity index (χ1) is 12.3. The van der Waals surface area contributed by atoms with E-state index in [0.717, 1.165) is 0 Å². The van der Waals surface area contributed by atoms with Crippen LogP contribution in [0, 0.1) is 0 Å². The number of hydrogen-bond acceptors (Lipinski definition) is 12. The van der Waals surface area contributed by atoms with Gasteiger partial charge in [-0.25, -0.2) is 0 Å². The molecular formula is C14H26O11S. The van der Waals surface area contributed by atoms with Crippen molar-refractivity contribution in [2.24, 2.45) is 0 Å². The molecule has 2 heterocycles. The van der Waals surface area contributed by atoms with Crippen LogP contribution >= 0.6 is 12.6 Å². The van der Waals surface area contributed by atoms with Crippen molar-refractivity contribution in [2.45, 2.75) is 61.4 Å². The number of ether oxygens (including phenoxy) is 4. The van der Waals surface area contributed by atoms with Crippen LogP contribution in [-0.2, 0) is 18.9 Å². The average Bonchev–Trinajstić information content (AvgIpc) is 2.64. The van der Waals surface area contributed by atoms with Crippen molar-refractivity contribution in [3.63, 3.8) is 0 Å². The fourth-order valence-electron chi connectivity index (χ4n) is 2.86. The Labute approximate surface area is 155 Å². The predicted molar refractivity (Wildman–Crippen MR) is 86.2 cm³/mol. The second kappa shape index (κ2) is 9.91. The normalized spacial score (nSPS) is 47.1. The summed E-state index contributed by atoms with van der Waals surface area (Å²) in [5.74, 6) is 0.331. The van der Waals surface area contributed by atoms with Crippen molar-refractivity contribution in [1.29, 1.82) is 0 Å². The van der Waals surface area contributed by atoms with Crippen LogP contribution in [0.5, 0.6) is 0 Å². The molecule has 154 valence electrons. The van der Waals surface area contributed by atoms with Crippen molar-refractivity contribution in [3.8, 4) is 0 Å². The van der Waals surface area contributed by atoms with Gasteiger partial charge in [-0.15, -0.1) is 0 Å². The summed E-state index contributed by atoms with van der Waals surface area (Å²) < 4.78 is 21.2. The molecule has 0 aromatic heterocycles. The fourth-order valence-corrected chi connectivity index (χ4v) is 2.96. The van der Waals surface area contributed by atoms with E-state index >= 15 is 0 Å². The molecule has 2 fully saturated rings. The monoisotopic (exact) mass is 402 g/mol. The summed E-state index contributed by atoms with van der Waals surface area (Å²) in [7, 11) is 0. The predicted octanol–water partition coefficient (Wildman–Crippen LogP) is -4.44. The molecule has 11 nitrogen and oxygen atoms in total. The van der Waals surface area contributed by atoms with E-state index in [2.05, 4.69) is 12.6 Å². The SMILES string of the molecule is OCC1O[C@H](OC2C(O)[C@H](OCCS)OC(CO)[C@@H]2O)C(O)C(O)[C@H]1O. The second-order valence-corrected chi connectivity index (χ2v) is 6.55. The Morgan fingerprint density at radius 1 is 0.731 bits per heavy atom. The molecule has 0 spiro atoms. The Balaban J connectivity index is 2.13. The third-order valence-corrected chi connectivity index (χ3v) is 4.52. The molecule has 10 atom stereocenters. The van der Waals surface area contributed by atoms with E-state index in [1.807, 2.05) is 0 Å². The zero-order chi connectivity index (χ0) is 19.4. The fraction of sp³-hybridized carbons (Fsp3) is 1.00. The van der Waals surface area contributed by atoms with Crippen molar-refractivity contribution >= 4 is 12.6 Å². The third kappa shape index (κ3) is 4.66. The molecule has 6 unspecified atom stereocenters. The van der Waals surface area contributed by atoms with Gasteiger partial charge in [-0.1, -0.05) is 0 Å². The Kier molecular flexibility index (Phi) is 8.46. The molecular weight excluding hydrogens is 376 g/mol. The van der Waals surface area contributed by atoms with Gasteiger partial charge in [0.2, 0.25) is 0 Å². The molecule has 0 radical (unpaired) electrons. The van der Waals surface area contributed by atoms with Gasteiger partial charge in [0.15, 0.2) is 12.6 Å². The van der Waals surface area contributed by atoms with E-state index < -0.39 is 74.6 Å². The zero-order valence-electron chi connectivity index (χ0n) is 13.8. The zero-order valence-corrected chi connectivity index (χ0v) is 14.7. The maximum absolute atomic E-state index is 10.4. The van der Waals surface area contributed by atoms with Crippen LogP contribution in [0.2, 0.25) is 0 Å². The van der Waals surface area contributed by atoms with Crippen LogP contribution in [-0.4, -0.2) is 123 Å². The lowest BCUT2D eigenvalue weighted by Crippen LogP contribution is -2.64. The van der Waals surface area contributed by atoms with Crippen LogP contribution < -0.4 is 0 Å². The van der Waals surface area contributed by atoms with Crippen LogP contribution in [0.15, 0.2) is 0 Å². The quantitative estimate of drug-likeness (QED) is 0.193. The number of hydrogen-bond donors (Lipinski definition) is 8. The first-order valence-electron chi connectivity index (χ1n) is 8.16. The smallest absolute Gasteiger partial charge is 0.187 e. The van der Waals surface area contributed by atoms with E-state index in [0.29, 0.717) is 5.75 Å². The minimum atomic E-state index is -1.71. The molecule has 0 aromatic rings. The summed E-state index contributed by atoms with van der Waals surface area (Å²) in [5.41, 5.74) is 0. The lowest BCUT2D eigenvalue weighted by molar-refractivity contribution is -0.359. The van der Waals surface area contributed by atoms with E-state index in [1.54, 1.807) is 0 Å². The molecule has 0 bridgehead atoms. The van der Waals surface area contributed by atoms with Gasteiger partial charge in [0, 0.05) is 5.75 Å². The largest absolute Gasteiger partial charge is 0.394 e. The van der Waals surface area contributed by atoms with Crippen molar-refractivity contribution in [3.05, 3.63) is 0 Å². The molecule has 26 heavy (non-hydrogen) atoms. The highest BCUT2D eigenvalue weighted by Crippen LogP contribution is 2.29. The van der Waals surface area contributed by atoms with Gasteiger partial charge in [-0.05, 0) is 0 Å². The Hall–Kier alpha value is -0.0900. The van der Waals surface area contributed by atoms with E-state index in [4.69, 9.17) is 18.9 Å². The third-order valence-electron chi connectivity index (χ3n) is 4.33. The highest BCUT2D eigenvalue weighted by Gasteiger charge is 2.50. The molecule has 2 aliphatic rings. The standard InChI is InChI=1S/C14H26O11S/c15-3-5-7(17)9(19)10(20)14(24-5)25-12-8(18)6(4-16)23-13(11(12)21)22-1-2-26/h5-21,26H,1-4H2/t5?,6?,7-,8-,9?,10?,11?,12?,13+,14+/m0/s1. The summed E-state index contributed by atoms with van der Waals surface area (Å²) in [6, 6.07) is 0. The number of rotatable bonds is 7. The van der Waals surface area contributed by atoms with Gasteiger partial charge in [0.05, 0.1) is 19.8 Å². The first-order valence-corrected chi connectivity index (χ1v) is 8.79. The van der Waals surface area contributed by atoms with E-state index in [-0.39, 0.29) is 6.61 Å². The Bertz CT molecular complexity index is 428. The molecule has 0 saturated carbocycles. The van der Waals surface area contributed by atoms with Crippen molar-refractivity contribution in [2.75, 3.05) is 25.6 Å². The summed E-state index contributed by atoms with van der Waals surface area (Å²) in [6.45, 7) is -1.13. The van der Waals surface area contributed by atoms with Gasteiger partial charge in [0.25, 0.3) is 0 Å². The van der Waals surface area contributed by atoms with Crippen molar-refractivity contribution in [1.82, 2.24) is 0 Å². The van der Waals surface area contributed by atoms with Gasteiger partial charge < -0.3 is 54.7 Å². The molecule has 12 heteroatoms. The Morgan fingerprint density at radius 2 is 1.31 bits per heavy atom. The first kappa shape index (κ1) is 22.2. The molecule has 0 amide bonds. The summed E-state index contributed by atoms with van der Waals surface area (Å²) in [4.78, 5) is 0. The van der Waals surface area contributed by atoms with Crippen LogP contribution in [0.4, 0.5) is 0 Å². The highest BCUT2D eigenvalue weighted by molar-refractivity contribution is 7.80.